The number of hydrogen-bond acceptors (Lipinski definition) is 6. The van der Waals surface area contributed by atoms with Crippen LogP contribution in [0.15, 0.2) is 18.6 Å². The molecule has 154 valence electrons. The average molecular weight is 398 g/mol. The number of amides is 1. The minimum Gasteiger partial charge on any atom is -0.383 e. The second-order valence-electron chi connectivity index (χ2n) is 7.29. The van der Waals surface area contributed by atoms with Gasteiger partial charge in [-0.05, 0) is 38.3 Å². The van der Waals surface area contributed by atoms with Gasteiger partial charge in [-0.3, -0.25) is 9.48 Å². The molecule has 1 N–H and O–H groups in total. The van der Waals surface area contributed by atoms with E-state index in [2.05, 4.69) is 31.9 Å². The third kappa shape index (κ3) is 3.88. The number of ether oxygens (including phenoxy) is 2. The molecular weight excluding hydrogens is 372 g/mol. The van der Waals surface area contributed by atoms with Crippen molar-refractivity contribution in [1.29, 1.82) is 0 Å². The number of fused-ring (bicyclic) bond motifs is 1. The van der Waals surface area contributed by atoms with Crippen molar-refractivity contribution in [3.63, 3.8) is 0 Å². The molecule has 29 heavy (non-hydrogen) atoms. The van der Waals surface area contributed by atoms with Gasteiger partial charge in [0.2, 0.25) is 0 Å². The zero-order valence-corrected chi connectivity index (χ0v) is 17.0. The van der Waals surface area contributed by atoms with E-state index in [4.69, 9.17) is 9.47 Å². The van der Waals surface area contributed by atoms with Gasteiger partial charge in [0, 0.05) is 25.6 Å². The number of nitrogens with one attached hydrogen (secondary N) is 1. The third-order valence-electron chi connectivity index (χ3n) is 5.45. The second-order valence-corrected chi connectivity index (χ2v) is 7.29. The molecule has 4 heterocycles. The molecule has 9 nitrogen and oxygen atoms in total. The molecule has 1 aliphatic rings. The van der Waals surface area contributed by atoms with E-state index < -0.39 is 0 Å². The number of carbonyl (C=O) groups is 1. The number of methoxy groups -OCH3 is 1. The van der Waals surface area contributed by atoms with Crippen LogP contribution < -0.4 is 5.32 Å². The lowest BCUT2D eigenvalue weighted by Gasteiger charge is -2.13. The van der Waals surface area contributed by atoms with Crippen LogP contribution in [0.25, 0.3) is 11.0 Å². The Balaban J connectivity index is 1.60. The van der Waals surface area contributed by atoms with Crippen molar-refractivity contribution >= 4 is 22.8 Å². The van der Waals surface area contributed by atoms with Gasteiger partial charge in [0.25, 0.3) is 5.91 Å². The molecule has 1 unspecified atom stereocenters. The van der Waals surface area contributed by atoms with E-state index in [1.165, 1.54) is 6.33 Å². The molecule has 0 aliphatic carbocycles. The molecule has 1 fully saturated rings. The van der Waals surface area contributed by atoms with Gasteiger partial charge in [0.05, 0.1) is 31.2 Å². The van der Waals surface area contributed by atoms with E-state index >= 15 is 0 Å². The van der Waals surface area contributed by atoms with Crippen molar-refractivity contribution in [2.45, 2.75) is 45.9 Å². The van der Waals surface area contributed by atoms with Crippen molar-refractivity contribution in [1.82, 2.24) is 24.3 Å². The predicted octanol–water partition coefficient (Wildman–Crippen LogP) is 2.32. The number of carbonyl (C=O) groups excluding carboxylic acids is 1. The number of anilines is 1. The summed E-state index contributed by atoms with van der Waals surface area (Å²) in [7, 11) is 1.63. The predicted molar refractivity (Wildman–Crippen MR) is 108 cm³/mol. The van der Waals surface area contributed by atoms with Crippen molar-refractivity contribution < 1.29 is 14.3 Å². The molecule has 0 radical (unpaired) electrons. The summed E-state index contributed by atoms with van der Waals surface area (Å²) in [6.07, 6.45) is 5.60. The van der Waals surface area contributed by atoms with Crippen LogP contribution in [0, 0.1) is 13.8 Å². The smallest absolute Gasteiger partial charge is 0.277 e. The topological polar surface area (TPSA) is 96.1 Å². The Morgan fingerprint density at radius 2 is 2.24 bits per heavy atom. The summed E-state index contributed by atoms with van der Waals surface area (Å²) in [5.41, 5.74) is 3.31. The van der Waals surface area contributed by atoms with E-state index in [-0.39, 0.29) is 12.0 Å². The van der Waals surface area contributed by atoms with Crippen LogP contribution in [0.4, 0.5) is 5.82 Å². The van der Waals surface area contributed by atoms with Gasteiger partial charge in [0.1, 0.15) is 17.8 Å². The van der Waals surface area contributed by atoms with Crippen LogP contribution in [0.3, 0.4) is 0 Å². The summed E-state index contributed by atoms with van der Waals surface area (Å²) in [6.45, 7) is 6.79. The zero-order chi connectivity index (χ0) is 20.4. The highest BCUT2D eigenvalue weighted by Crippen LogP contribution is 2.30. The quantitative estimate of drug-likeness (QED) is 0.656. The fourth-order valence-electron chi connectivity index (χ4n) is 3.74. The van der Waals surface area contributed by atoms with Crippen molar-refractivity contribution in [2.75, 3.05) is 25.6 Å². The number of hydrogen-bond donors (Lipinski definition) is 1. The first-order chi connectivity index (χ1) is 14.1. The molecule has 0 spiro atoms. The van der Waals surface area contributed by atoms with E-state index in [9.17, 15) is 4.79 Å². The van der Waals surface area contributed by atoms with Crippen molar-refractivity contribution in [2.24, 2.45) is 0 Å². The lowest BCUT2D eigenvalue weighted by Crippen LogP contribution is -2.17. The molecule has 0 saturated carbocycles. The Bertz CT molecular complexity index is 1020. The minimum atomic E-state index is -0.301. The normalized spacial score (nSPS) is 16.6. The lowest BCUT2D eigenvalue weighted by atomic mass is 10.2. The summed E-state index contributed by atoms with van der Waals surface area (Å²) in [5.74, 6) is 0.197. The van der Waals surface area contributed by atoms with Gasteiger partial charge in [0.15, 0.2) is 5.69 Å². The number of aryl methyl sites for hydroxylation is 1. The third-order valence-corrected chi connectivity index (χ3v) is 5.45. The summed E-state index contributed by atoms with van der Waals surface area (Å²) >= 11 is 0. The van der Waals surface area contributed by atoms with Crippen LogP contribution in [-0.2, 0) is 22.6 Å². The van der Waals surface area contributed by atoms with Crippen LogP contribution in [0.1, 0.15) is 34.6 Å². The monoisotopic (exact) mass is 398 g/mol. The molecule has 1 atom stereocenters. The molecular formula is C20H26N6O3. The first kappa shape index (κ1) is 19.5. The number of aromatic nitrogens is 5. The Morgan fingerprint density at radius 1 is 1.38 bits per heavy atom. The highest BCUT2D eigenvalue weighted by molar-refractivity contribution is 6.07. The fourth-order valence-corrected chi connectivity index (χ4v) is 3.74. The van der Waals surface area contributed by atoms with Gasteiger partial charge in [-0.15, -0.1) is 0 Å². The Kier molecular flexibility index (Phi) is 5.59. The van der Waals surface area contributed by atoms with Crippen molar-refractivity contribution in [3.8, 4) is 0 Å². The van der Waals surface area contributed by atoms with E-state index in [1.54, 1.807) is 24.1 Å². The van der Waals surface area contributed by atoms with Gasteiger partial charge in [-0.25, -0.2) is 9.97 Å². The van der Waals surface area contributed by atoms with Crippen LogP contribution in [0.5, 0.6) is 0 Å². The first-order valence-corrected chi connectivity index (χ1v) is 9.84. The van der Waals surface area contributed by atoms with E-state index in [0.717, 1.165) is 48.3 Å². The molecule has 9 heteroatoms. The first-order valence-electron chi connectivity index (χ1n) is 9.84. The van der Waals surface area contributed by atoms with E-state index in [0.29, 0.717) is 24.7 Å². The van der Waals surface area contributed by atoms with Crippen LogP contribution >= 0.6 is 0 Å². The van der Waals surface area contributed by atoms with E-state index in [1.807, 2.05) is 6.92 Å². The molecule has 0 aromatic carbocycles. The molecule has 3 aromatic heterocycles. The molecule has 4 rings (SSSR count). The molecule has 1 aliphatic heterocycles. The highest BCUT2D eigenvalue weighted by Gasteiger charge is 2.23. The number of nitrogens with zero attached hydrogens (tertiary/aromatic N) is 5. The van der Waals surface area contributed by atoms with Gasteiger partial charge in [-0.1, -0.05) is 0 Å². The second kappa shape index (κ2) is 8.30. The zero-order valence-electron chi connectivity index (χ0n) is 17.0. The van der Waals surface area contributed by atoms with Gasteiger partial charge in [-0.2, -0.15) is 5.10 Å². The standard InChI is InChI=1S/C20H26N6O3/c1-13-14(2)26(11-15-5-4-9-29-15)19-17(13)18(21-12-22-19)23-20(27)16-6-7-25(24-16)8-10-28-3/h6-7,12,15H,4-5,8-11H2,1-3H3,(H,21,22,23,27). The molecule has 3 aromatic rings. The minimum absolute atomic E-state index is 0.202. The molecule has 1 saturated heterocycles. The summed E-state index contributed by atoms with van der Waals surface area (Å²) < 4.78 is 14.7. The Morgan fingerprint density at radius 3 is 3.00 bits per heavy atom. The highest BCUT2D eigenvalue weighted by atomic mass is 16.5. The maximum atomic E-state index is 12.7. The SMILES string of the molecule is COCCn1ccc(C(=O)Nc2ncnc3c2c(C)c(C)n3CC2CCCO2)n1. The summed E-state index contributed by atoms with van der Waals surface area (Å²) in [5, 5.41) is 8.06. The average Bonchev–Trinajstić information content (AvgIpc) is 3.45. The van der Waals surface area contributed by atoms with Crippen LogP contribution in [-0.4, -0.2) is 56.7 Å². The van der Waals surface area contributed by atoms with Gasteiger partial charge >= 0.3 is 0 Å². The largest absolute Gasteiger partial charge is 0.383 e. The number of rotatable bonds is 7. The molecule has 0 bridgehead atoms. The summed E-state index contributed by atoms with van der Waals surface area (Å²) in [4.78, 5) is 21.5. The molecule has 1 amide bonds. The Labute approximate surface area is 169 Å². The maximum Gasteiger partial charge on any atom is 0.277 e. The van der Waals surface area contributed by atoms with Crippen molar-refractivity contribution in [3.05, 3.63) is 35.5 Å². The Hall–Kier alpha value is -2.78. The van der Waals surface area contributed by atoms with Gasteiger partial charge < -0.3 is 19.4 Å². The maximum absolute atomic E-state index is 12.7. The fraction of sp³-hybridized carbons (Fsp3) is 0.500. The van der Waals surface area contributed by atoms with Crippen LogP contribution in [0.2, 0.25) is 0 Å². The summed E-state index contributed by atoms with van der Waals surface area (Å²) in [6, 6.07) is 1.68. The lowest BCUT2D eigenvalue weighted by molar-refractivity contribution is 0.0974.